The van der Waals surface area contributed by atoms with Crippen molar-refractivity contribution in [1.82, 2.24) is 4.90 Å². The molecule has 1 atom stereocenters. The van der Waals surface area contributed by atoms with Crippen LogP contribution < -0.4 is 4.90 Å². The summed E-state index contributed by atoms with van der Waals surface area (Å²) in [6.45, 7) is 2.57. The number of aryl methyl sites for hydroxylation is 1. The molecule has 5 rings (SSSR count). The summed E-state index contributed by atoms with van der Waals surface area (Å²) in [5.41, 5.74) is 5.38. The van der Waals surface area contributed by atoms with Gasteiger partial charge in [-0.3, -0.25) is 19.7 Å². The predicted octanol–water partition coefficient (Wildman–Crippen LogP) is 4.47. The van der Waals surface area contributed by atoms with Crippen molar-refractivity contribution in [2.45, 2.75) is 44.9 Å². The van der Waals surface area contributed by atoms with E-state index in [1.807, 2.05) is 29.2 Å². The minimum absolute atomic E-state index is 0.121. The van der Waals surface area contributed by atoms with Gasteiger partial charge in [0.15, 0.2) is 5.78 Å². The van der Waals surface area contributed by atoms with E-state index in [9.17, 15) is 19.7 Å². The third kappa shape index (κ3) is 4.60. The van der Waals surface area contributed by atoms with Gasteiger partial charge in [-0.05, 0) is 73.0 Å². The molecule has 0 radical (unpaired) electrons. The Hall–Kier alpha value is -3.48. The molecule has 0 N–H and O–H groups in total. The molecule has 2 aromatic carbocycles. The van der Waals surface area contributed by atoms with Crippen LogP contribution in [0.3, 0.4) is 0 Å². The fraction of sp³-hybridized carbons (Fsp3) is 0.407. The molecule has 1 amide bonds. The molecular weight excluding hydrogens is 430 g/mol. The first kappa shape index (κ1) is 22.3. The summed E-state index contributed by atoms with van der Waals surface area (Å²) in [5.74, 6) is 0.806. The predicted molar refractivity (Wildman–Crippen MR) is 130 cm³/mol. The van der Waals surface area contributed by atoms with Crippen LogP contribution in [0.5, 0.6) is 0 Å². The van der Waals surface area contributed by atoms with Gasteiger partial charge in [-0.2, -0.15) is 0 Å². The topological polar surface area (TPSA) is 83.8 Å². The highest BCUT2D eigenvalue weighted by molar-refractivity contribution is 6.02. The maximum atomic E-state index is 13.0. The molecule has 34 heavy (non-hydrogen) atoms. The van der Waals surface area contributed by atoms with Crippen molar-refractivity contribution >= 4 is 23.1 Å². The Morgan fingerprint density at radius 3 is 2.53 bits per heavy atom. The van der Waals surface area contributed by atoms with Crippen LogP contribution in [0.1, 0.15) is 52.7 Å². The second-order valence-electron chi connectivity index (χ2n) is 9.50. The number of Topliss-reactive ketones (excluding diaryl/α,β-unsaturated/α-hetero) is 1. The summed E-state index contributed by atoms with van der Waals surface area (Å²) in [6.07, 6.45) is 9.72. The van der Waals surface area contributed by atoms with Gasteiger partial charge in [0.2, 0.25) is 5.91 Å². The molecular formula is C27H29N3O4. The molecule has 3 aliphatic heterocycles. The molecule has 3 heterocycles. The Balaban J connectivity index is 1.11. The maximum Gasteiger partial charge on any atom is 0.269 e. The number of amides is 1. The first-order chi connectivity index (χ1) is 16.5. The molecule has 3 aliphatic rings. The van der Waals surface area contributed by atoms with Crippen LogP contribution in [-0.2, 0) is 24.1 Å². The van der Waals surface area contributed by atoms with E-state index in [-0.39, 0.29) is 22.3 Å². The number of hydrogen-bond donors (Lipinski definition) is 0. The van der Waals surface area contributed by atoms with Crippen LogP contribution in [-0.4, -0.2) is 41.1 Å². The monoisotopic (exact) mass is 459 g/mol. The van der Waals surface area contributed by atoms with E-state index >= 15 is 0 Å². The lowest BCUT2D eigenvalue weighted by Gasteiger charge is -2.28. The van der Waals surface area contributed by atoms with Crippen LogP contribution in [0.2, 0.25) is 0 Å². The molecule has 7 nitrogen and oxygen atoms in total. The summed E-state index contributed by atoms with van der Waals surface area (Å²) >= 11 is 0. The third-order valence-corrected chi connectivity index (χ3v) is 7.31. The normalized spacial score (nSPS) is 18.8. The van der Waals surface area contributed by atoms with Crippen molar-refractivity contribution in [1.29, 1.82) is 0 Å². The Labute approximate surface area is 199 Å². The number of carbonyl (C=O) groups excluding carboxylic acids is 2. The van der Waals surface area contributed by atoms with Crippen molar-refractivity contribution < 1.29 is 14.5 Å². The highest BCUT2D eigenvalue weighted by Gasteiger charge is 2.32. The zero-order valence-electron chi connectivity index (χ0n) is 19.2. The quantitative estimate of drug-likeness (QED) is 0.330. The average Bonchev–Trinajstić information content (AvgIpc) is 3.30. The number of allylic oxidation sites excluding steroid dienone is 1. The lowest BCUT2D eigenvalue weighted by atomic mass is 9.91. The maximum absolute atomic E-state index is 13.0. The van der Waals surface area contributed by atoms with E-state index in [2.05, 4.69) is 17.2 Å². The van der Waals surface area contributed by atoms with E-state index in [1.165, 1.54) is 0 Å². The van der Waals surface area contributed by atoms with Gasteiger partial charge in [-0.25, -0.2) is 0 Å². The highest BCUT2D eigenvalue weighted by Crippen LogP contribution is 2.37. The summed E-state index contributed by atoms with van der Waals surface area (Å²) in [6, 6.07) is 10.8. The van der Waals surface area contributed by atoms with Crippen LogP contribution in [0, 0.1) is 16.0 Å². The minimum Gasteiger partial charge on any atom is -0.377 e. The first-order valence-electron chi connectivity index (χ1n) is 12.1. The zero-order chi connectivity index (χ0) is 23.7. The largest absolute Gasteiger partial charge is 0.377 e. The summed E-state index contributed by atoms with van der Waals surface area (Å²) in [7, 11) is 0. The first-order valence-corrected chi connectivity index (χ1v) is 12.1. The van der Waals surface area contributed by atoms with Crippen molar-refractivity contribution in [3.63, 3.8) is 0 Å². The molecule has 7 heteroatoms. The summed E-state index contributed by atoms with van der Waals surface area (Å²) in [4.78, 5) is 39.6. The number of nitro benzene ring substituents is 1. The minimum atomic E-state index is -0.376. The van der Waals surface area contributed by atoms with Gasteiger partial charge in [-0.1, -0.05) is 18.2 Å². The van der Waals surface area contributed by atoms with Gasteiger partial charge in [0.1, 0.15) is 0 Å². The summed E-state index contributed by atoms with van der Waals surface area (Å²) in [5, 5.41) is 10.8. The van der Waals surface area contributed by atoms with Crippen molar-refractivity contribution in [2.75, 3.05) is 24.5 Å². The van der Waals surface area contributed by atoms with Crippen molar-refractivity contribution in [3.8, 4) is 0 Å². The third-order valence-electron chi connectivity index (χ3n) is 7.31. The molecule has 0 aliphatic carbocycles. The standard InChI is InChI=1S/C27H29N3O4/c31-25(23-17-21-4-8-26(32)29-16-12-22(18-23)27(21)29)7-3-20-10-14-28(15-11-20)13-9-19-1-5-24(6-2-19)30(33)34/h1-2,5-6,10,14,17-18,20H,3-4,7-9,11-13,15-16H2. The summed E-state index contributed by atoms with van der Waals surface area (Å²) < 4.78 is 0. The molecule has 0 bridgehead atoms. The van der Waals surface area contributed by atoms with Crippen molar-refractivity contribution in [3.05, 3.63) is 81.0 Å². The van der Waals surface area contributed by atoms with E-state index in [4.69, 9.17) is 0 Å². The Bertz CT molecular complexity index is 1160. The van der Waals surface area contributed by atoms with Crippen molar-refractivity contribution in [2.24, 2.45) is 5.92 Å². The van der Waals surface area contributed by atoms with E-state index in [1.54, 1.807) is 12.1 Å². The number of hydrogen-bond acceptors (Lipinski definition) is 5. The fourth-order valence-corrected chi connectivity index (χ4v) is 5.31. The lowest BCUT2D eigenvalue weighted by Crippen LogP contribution is -2.32. The van der Waals surface area contributed by atoms with E-state index in [0.29, 0.717) is 18.8 Å². The number of nitro groups is 1. The highest BCUT2D eigenvalue weighted by atomic mass is 16.6. The molecule has 0 fully saturated rings. The molecule has 0 aromatic heterocycles. The van der Waals surface area contributed by atoms with Gasteiger partial charge in [-0.15, -0.1) is 0 Å². The Kier molecular flexibility index (Phi) is 6.18. The van der Waals surface area contributed by atoms with E-state index in [0.717, 1.165) is 79.7 Å². The van der Waals surface area contributed by atoms with Crippen LogP contribution in [0.15, 0.2) is 48.7 Å². The van der Waals surface area contributed by atoms with Gasteiger partial charge < -0.3 is 9.80 Å². The number of rotatable bonds is 8. The van der Waals surface area contributed by atoms with E-state index < -0.39 is 0 Å². The van der Waals surface area contributed by atoms with Gasteiger partial charge >= 0.3 is 0 Å². The molecule has 0 saturated carbocycles. The molecule has 0 saturated heterocycles. The number of carbonyl (C=O) groups is 2. The number of non-ortho nitro benzene ring substituents is 1. The Morgan fingerprint density at radius 2 is 1.82 bits per heavy atom. The number of nitrogens with zero attached hydrogens (tertiary/aromatic N) is 3. The Morgan fingerprint density at radius 1 is 1.06 bits per heavy atom. The second kappa shape index (κ2) is 9.41. The van der Waals surface area contributed by atoms with Gasteiger partial charge in [0.25, 0.3) is 5.69 Å². The zero-order valence-corrected chi connectivity index (χ0v) is 19.2. The SMILES string of the molecule is O=C(CCC1C=CN(CCc2ccc([N+](=O)[O-])cc2)CC1)c1cc2c3c(c1)CCN3C(=O)CC2. The second-order valence-corrected chi connectivity index (χ2v) is 9.50. The molecule has 176 valence electrons. The van der Waals surface area contributed by atoms with Crippen LogP contribution >= 0.6 is 0 Å². The molecule has 0 spiro atoms. The average molecular weight is 460 g/mol. The number of ketones is 1. The fourth-order valence-electron chi connectivity index (χ4n) is 5.31. The molecule has 1 unspecified atom stereocenters. The van der Waals surface area contributed by atoms with Crippen LogP contribution in [0.25, 0.3) is 0 Å². The van der Waals surface area contributed by atoms with Crippen LogP contribution in [0.4, 0.5) is 11.4 Å². The number of anilines is 1. The smallest absolute Gasteiger partial charge is 0.269 e. The molecule has 2 aromatic rings. The van der Waals surface area contributed by atoms with Gasteiger partial charge in [0, 0.05) is 50.2 Å². The lowest BCUT2D eigenvalue weighted by molar-refractivity contribution is -0.384. The number of benzene rings is 2. The van der Waals surface area contributed by atoms with Gasteiger partial charge in [0.05, 0.1) is 10.6 Å².